The molecule has 0 unspecified atom stereocenters. The standard InChI is InChI=1S/C14H17BrN2O3/c15-11-6-4-10(5-7-11)12(18)16-17-13(19)14(20)8-2-1-3-9-14/h4-7,20H,1-3,8-9H2,(H,16,18)(H,17,19). The van der Waals surface area contributed by atoms with Gasteiger partial charge in [-0.05, 0) is 37.1 Å². The number of nitrogens with one attached hydrogen (secondary N) is 2. The average Bonchev–Trinajstić information content (AvgIpc) is 2.46. The van der Waals surface area contributed by atoms with Crippen molar-refractivity contribution in [2.24, 2.45) is 0 Å². The third kappa shape index (κ3) is 3.58. The van der Waals surface area contributed by atoms with Crippen LogP contribution in [-0.4, -0.2) is 22.5 Å². The molecule has 0 aromatic heterocycles. The summed E-state index contributed by atoms with van der Waals surface area (Å²) >= 11 is 3.28. The third-order valence-electron chi connectivity index (χ3n) is 3.50. The molecule has 1 saturated carbocycles. The van der Waals surface area contributed by atoms with Crippen molar-refractivity contribution in [3.8, 4) is 0 Å². The van der Waals surface area contributed by atoms with Crippen LogP contribution in [0.25, 0.3) is 0 Å². The van der Waals surface area contributed by atoms with Crippen molar-refractivity contribution < 1.29 is 14.7 Å². The summed E-state index contributed by atoms with van der Waals surface area (Å²) in [5.41, 5.74) is 3.71. The number of carbonyl (C=O) groups is 2. The van der Waals surface area contributed by atoms with E-state index in [0.717, 1.165) is 23.7 Å². The molecule has 2 rings (SSSR count). The van der Waals surface area contributed by atoms with E-state index in [4.69, 9.17) is 0 Å². The molecule has 20 heavy (non-hydrogen) atoms. The fraction of sp³-hybridized carbons (Fsp3) is 0.429. The van der Waals surface area contributed by atoms with Gasteiger partial charge in [0.1, 0.15) is 5.60 Å². The molecule has 0 radical (unpaired) electrons. The summed E-state index contributed by atoms with van der Waals surface area (Å²) in [5, 5.41) is 10.2. The van der Waals surface area contributed by atoms with Crippen molar-refractivity contribution in [2.45, 2.75) is 37.7 Å². The van der Waals surface area contributed by atoms with E-state index in [1.165, 1.54) is 0 Å². The van der Waals surface area contributed by atoms with Gasteiger partial charge in [0.15, 0.2) is 0 Å². The van der Waals surface area contributed by atoms with Crippen molar-refractivity contribution in [3.05, 3.63) is 34.3 Å². The molecule has 5 nitrogen and oxygen atoms in total. The smallest absolute Gasteiger partial charge is 0.270 e. The lowest BCUT2D eigenvalue weighted by atomic mass is 9.84. The Morgan fingerprint density at radius 3 is 2.25 bits per heavy atom. The lowest BCUT2D eigenvalue weighted by molar-refractivity contribution is -0.143. The predicted molar refractivity (Wildman–Crippen MR) is 77.8 cm³/mol. The van der Waals surface area contributed by atoms with Crippen LogP contribution in [0.4, 0.5) is 0 Å². The SMILES string of the molecule is O=C(NNC(=O)C1(O)CCCCC1)c1ccc(Br)cc1. The highest BCUT2D eigenvalue weighted by Gasteiger charge is 2.37. The van der Waals surface area contributed by atoms with E-state index in [1.54, 1.807) is 24.3 Å². The zero-order valence-corrected chi connectivity index (χ0v) is 12.6. The monoisotopic (exact) mass is 340 g/mol. The number of benzene rings is 1. The predicted octanol–water partition coefficient (Wildman–Crippen LogP) is 1.91. The average molecular weight is 341 g/mol. The fourth-order valence-electron chi connectivity index (χ4n) is 2.27. The molecule has 0 aliphatic heterocycles. The Balaban J connectivity index is 1.89. The number of carbonyl (C=O) groups excluding carboxylic acids is 2. The zero-order valence-electron chi connectivity index (χ0n) is 11.0. The van der Waals surface area contributed by atoms with Crippen molar-refractivity contribution in [1.82, 2.24) is 10.9 Å². The van der Waals surface area contributed by atoms with Crippen LogP contribution in [0, 0.1) is 0 Å². The minimum atomic E-state index is -1.36. The van der Waals surface area contributed by atoms with E-state index in [1.807, 2.05) is 0 Å². The largest absolute Gasteiger partial charge is 0.380 e. The van der Waals surface area contributed by atoms with Gasteiger partial charge >= 0.3 is 0 Å². The molecular formula is C14H17BrN2O3. The second-order valence-corrected chi connectivity index (χ2v) is 5.92. The number of aliphatic hydroxyl groups is 1. The quantitative estimate of drug-likeness (QED) is 0.719. The highest BCUT2D eigenvalue weighted by atomic mass is 79.9. The van der Waals surface area contributed by atoms with Gasteiger partial charge in [-0.1, -0.05) is 35.2 Å². The molecule has 0 heterocycles. The molecule has 0 saturated heterocycles. The van der Waals surface area contributed by atoms with Crippen LogP contribution in [0.5, 0.6) is 0 Å². The Labute approximate surface area is 125 Å². The fourth-order valence-corrected chi connectivity index (χ4v) is 2.53. The maximum absolute atomic E-state index is 11.9. The zero-order chi connectivity index (χ0) is 14.6. The maximum Gasteiger partial charge on any atom is 0.270 e. The van der Waals surface area contributed by atoms with Crippen molar-refractivity contribution in [1.29, 1.82) is 0 Å². The minimum Gasteiger partial charge on any atom is -0.380 e. The first kappa shape index (κ1) is 15.0. The van der Waals surface area contributed by atoms with E-state index in [9.17, 15) is 14.7 Å². The Morgan fingerprint density at radius 1 is 1.05 bits per heavy atom. The normalized spacial score (nSPS) is 17.3. The molecule has 1 fully saturated rings. The molecule has 0 spiro atoms. The molecule has 1 aliphatic carbocycles. The first-order valence-corrected chi connectivity index (χ1v) is 7.39. The first-order valence-electron chi connectivity index (χ1n) is 6.60. The van der Waals surface area contributed by atoms with E-state index in [-0.39, 0.29) is 0 Å². The number of hydrazine groups is 1. The highest BCUT2D eigenvalue weighted by Crippen LogP contribution is 2.27. The van der Waals surface area contributed by atoms with Gasteiger partial charge in [0.25, 0.3) is 11.8 Å². The van der Waals surface area contributed by atoms with Crippen LogP contribution in [-0.2, 0) is 4.79 Å². The molecule has 1 aromatic rings. The van der Waals surface area contributed by atoms with Gasteiger partial charge in [-0.2, -0.15) is 0 Å². The number of rotatable bonds is 2. The summed E-state index contributed by atoms with van der Waals surface area (Å²) in [4.78, 5) is 23.8. The van der Waals surface area contributed by atoms with Gasteiger partial charge in [0.05, 0.1) is 0 Å². The van der Waals surface area contributed by atoms with Gasteiger partial charge in [-0.15, -0.1) is 0 Å². The Morgan fingerprint density at radius 2 is 1.65 bits per heavy atom. The summed E-state index contributed by atoms with van der Waals surface area (Å²) in [6.45, 7) is 0. The maximum atomic E-state index is 11.9. The molecule has 2 amide bonds. The van der Waals surface area contributed by atoms with Crippen LogP contribution >= 0.6 is 15.9 Å². The van der Waals surface area contributed by atoms with Crippen molar-refractivity contribution in [2.75, 3.05) is 0 Å². The summed E-state index contributed by atoms with van der Waals surface area (Å²) in [7, 11) is 0. The molecule has 1 aromatic carbocycles. The van der Waals surface area contributed by atoms with Gasteiger partial charge in [0.2, 0.25) is 0 Å². The lowest BCUT2D eigenvalue weighted by Crippen LogP contribution is -2.53. The Bertz CT molecular complexity index is 496. The summed E-state index contributed by atoms with van der Waals surface area (Å²) in [6.07, 6.45) is 3.55. The first-order chi connectivity index (χ1) is 9.51. The van der Waals surface area contributed by atoms with E-state index in [0.29, 0.717) is 18.4 Å². The van der Waals surface area contributed by atoms with Gasteiger partial charge in [-0.3, -0.25) is 20.4 Å². The molecule has 6 heteroatoms. The van der Waals surface area contributed by atoms with Crippen molar-refractivity contribution in [3.63, 3.8) is 0 Å². The molecule has 3 N–H and O–H groups in total. The Kier molecular flexibility index (Phi) is 4.77. The van der Waals surface area contributed by atoms with Gasteiger partial charge in [0, 0.05) is 10.0 Å². The second kappa shape index (κ2) is 6.37. The number of hydrogen-bond donors (Lipinski definition) is 3. The molecule has 1 aliphatic rings. The van der Waals surface area contributed by atoms with E-state index >= 15 is 0 Å². The summed E-state index contributed by atoms with van der Waals surface area (Å²) in [5.74, 6) is -0.951. The number of hydrogen-bond acceptors (Lipinski definition) is 3. The molecule has 0 bridgehead atoms. The minimum absolute atomic E-state index is 0.412. The third-order valence-corrected chi connectivity index (χ3v) is 4.03. The van der Waals surface area contributed by atoms with Gasteiger partial charge in [-0.25, -0.2) is 0 Å². The number of halogens is 1. The van der Waals surface area contributed by atoms with E-state index < -0.39 is 17.4 Å². The molecule has 108 valence electrons. The Hall–Kier alpha value is -1.40. The topological polar surface area (TPSA) is 78.4 Å². The van der Waals surface area contributed by atoms with Crippen molar-refractivity contribution >= 4 is 27.7 Å². The second-order valence-electron chi connectivity index (χ2n) is 5.01. The van der Waals surface area contributed by atoms with Crippen LogP contribution < -0.4 is 10.9 Å². The van der Waals surface area contributed by atoms with Crippen LogP contribution in [0.1, 0.15) is 42.5 Å². The molecular weight excluding hydrogens is 324 g/mol. The molecule has 0 atom stereocenters. The van der Waals surface area contributed by atoms with Crippen LogP contribution in [0.15, 0.2) is 28.7 Å². The summed E-state index contributed by atoms with van der Waals surface area (Å²) in [6, 6.07) is 6.76. The highest BCUT2D eigenvalue weighted by molar-refractivity contribution is 9.10. The van der Waals surface area contributed by atoms with Crippen LogP contribution in [0.3, 0.4) is 0 Å². The van der Waals surface area contributed by atoms with E-state index in [2.05, 4.69) is 26.8 Å². The van der Waals surface area contributed by atoms with Crippen LogP contribution in [0.2, 0.25) is 0 Å². The van der Waals surface area contributed by atoms with Gasteiger partial charge < -0.3 is 5.11 Å². The number of amides is 2. The lowest BCUT2D eigenvalue weighted by Gasteiger charge is -2.30. The summed E-state index contributed by atoms with van der Waals surface area (Å²) < 4.78 is 0.870.